The van der Waals surface area contributed by atoms with Crippen molar-refractivity contribution in [2.24, 2.45) is 0 Å². The molecule has 0 heterocycles. The quantitative estimate of drug-likeness (QED) is 0.645. The Hall–Kier alpha value is -0.630. The number of allylic oxidation sites excluding steroid dienone is 1. The Morgan fingerprint density at radius 1 is 1.75 bits per heavy atom. The number of rotatable bonds is 3. The molecule has 68 valence electrons. The van der Waals surface area contributed by atoms with E-state index in [9.17, 15) is 4.79 Å². The molecular weight excluding hydrogens is 152 g/mol. The molecule has 0 aromatic rings. The molecule has 0 fully saturated rings. The average molecular weight is 168 g/mol. The van der Waals surface area contributed by atoms with Gasteiger partial charge >= 0.3 is 0 Å². The zero-order valence-electron chi connectivity index (χ0n) is 7.75. The number of hydrogen-bond acceptors (Lipinski definition) is 2. The summed E-state index contributed by atoms with van der Waals surface area (Å²) < 4.78 is 5.65. The summed E-state index contributed by atoms with van der Waals surface area (Å²) in [4.78, 5) is 10.8. The molecule has 0 amide bonds. The highest BCUT2D eigenvalue weighted by molar-refractivity contribution is 5.90. The van der Waals surface area contributed by atoms with Gasteiger partial charge in [0.1, 0.15) is 0 Å². The fraction of sp³-hybridized carbons (Fsp3) is 0.700. The van der Waals surface area contributed by atoms with Gasteiger partial charge in [-0.1, -0.05) is 13.0 Å². The SMILES string of the molecule is CCC(C)OC1C=CC(=O)CC1. The van der Waals surface area contributed by atoms with Gasteiger partial charge in [-0.15, -0.1) is 0 Å². The van der Waals surface area contributed by atoms with Gasteiger partial charge in [-0.3, -0.25) is 4.79 Å². The number of hydrogen-bond donors (Lipinski definition) is 0. The van der Waals surface area contributed by atoms with E-state index in [2.05, 4.69) is 13.8 Å². The van der Waals surface area contributed by atoms with E-state index in [1.807, 2.05) is 6.08 Å². The molecule has 2 unspecified atom stereocenters. The molecule has 1 aliphatic rings. The van der Waals surface area contributed by atoms with Crippen LogP contribution in [0.25, 0.3) is 0 Å². The predicted octanol–water partition coefficient (Wildman–Crippen LogP) is 2.09. The number of ketones is 1. The standard InChI is InChI=1S/C10H16O2/c1-3-8(2)12-10-6-4-9(11)5-7-10/h4,6,8,10H,3,5,7H2,1-2H3. The Morgan fingerprint density at radius 3 is 3.00 bits per heavy atom. The van der Waals surface area contributed by atoms with Gasteiger partial charge in [-0.25, -0.2) is 0 Å². The molecule has 0 aliphatic heterocycles. The third-order valence-corrected chi connectivity index (χ3v) is 2.15. The van der Waals surface area contributed by atoms with Crippen molar-refractivity contribution < 1.29 is 9.53 Å². The lowest BCUT2D eigenvalue weighted by Crippen LogP contribution is -2.21. The van der Waals surface area contributed by atoms with E-state index < -0.39 is 0 Å². The molecule has 0 aromatic carbocycles. The van der Waals surface area contributed by atoms with Gasteiger partial charge in [0, 0.05) is 6.42 Å². The molecule has 0 bridgehead atoms. The topological polar surface area (TPSA) is 26.3 Å². The minimum Gasteiger partial charge on any atom is -0.371 e. The van der Waals surface area contributed by atoms with Gasteiger partial charge in [0.05, 0.1) is 12.2 Å². The second kappa shape index (κ2) is 4.41. The Kier molecular flexibility index (Phi) is 3.48. The Balaban J connectivity index is 2.35. The van der Waals surface area contributed by atoms with Gasteiger partial charge in [0.2, 0.25) is 0 Å². The summed E-state index contributed by atoms with van der Waals surface area (Å²) in [6.45, 7) is 4.16. The van der Waals surface area contributed by atoms with Crippen molar-refractivity contribution in [3.63, 3.8) is 0 Å². The van der Waals surface area contributed by atoms with Crippen molar-refractivity contribution in [3.8, 4) is 0 Å². The smallest absolute Gasteiger partial charge is 0.155 e. The van der Waals surface area contributed by atoms with Crippen molar-refractivity contribution in [1.82, 2.24) is 0 Å². The molecule has 2 nitrogen and oxygen atoms in total. The van der Waals surface area contributed by atoms with Crippen molar-refractivity contribution in [2.75, 3.05) is 0 Å². The third-order valence-electron chi connectivity index (χ3n) is 2.15. The summed E-state index contributed by atoms with van der Waals surface area (Å²) >= 11 is 0. The molecule has 0 aromatic heterocycles. The van der Waals surface area contributed by atoms with Crippen LogP contribution in [-0.2, 0) is 9.53 Å². The summed E-state index contributed by atoms with van der Waals surface area (Å²) in [6.07, 6.45) is 6.48. The van der Waals surface area contributed by atoms with Crippen LogP contribution in [0.2, 0.25) is 0 Å². The molecule has 2 heteroatoms. The first-order valence-electron chi connectivity index (χ1n) is 4.59. The van der Waals surface area contributed by atoms with E-state index >= 15 is 0 Å². The molecule has 0 saturated heterocycles. The zero-order chi connectivity index (χ0) is 8.97. The molecule has 0 spiro atoms. The maximum Gasteiger partial charge on any atom is 0.155 e. The fourth-order valence-electron chi connectivity index (χ4n) is 1.19. The number of carbonyl (C=O) groups is 1. The Labute approximate surface area is 73.6 Å². The van der Waals surface area contributed by atoms with E-state index in [0.717, 1.165) is 12.8 Å². The zero-order valence-corrected chi connectivity index (χ0v) is 7.75. The molecule has 1 rings (SSSR count). The largest absolute Gasteiger partial charge is 0.371 e. The second-order valence-corrected chi connectivity index (χ2v) is 3.26. The van der Waals surface area contributed by atoms with Gasteiger partial charge < -0.3 is 4.74 Å². The lowest BCUT2D eigenvalue weighted by Gasteiger charge is -2.20. The van der Waals surface area contributed by atoms with Crippen molar-refractivity contribution in [3.05, 3.63) is 12.2 Å². The van der Waals surface area contributed by atoms with Crippen LogP contribution < -0.4 is 0 Å². The first-order valence-corrected chi connectivity index (χ1v) is 4.59. The van der Waals surface area contributed by atoms with E-state index in [1.165, 1.54) is 0 Å². The summed E-state index contributed by atoms with van der Waals surface area (Å²) in [5.41, 5.74) is 0. The molecule has 0 saturated carbocycles. The van der Waals surface area contributed by atoms with Crippen LogP contribution in [0.5, 0.6) is 0 Å². The summed E-state index contributed by atoms with van der Waals surface area (Å²) in [5, 5.41) is 0. The lowest BCUT2D eigenvalue weighted by atomic mass is 10.0. The van der Waals surface area contributed by atoms with Crippen molar-refractivity contribution in [1.29, 1.82) is 0 Å². The van der Waals surface area contributed by atoms with Crippen LogP contribution in [0.3, 0.4) is 0 Å². The minimum atomic E-state index is 0.164. The third kappa shape index (κ3) is 2.78. The van der Waals surface area contributed by atoms with Gasteiger partial charge in [-0.2, -0.15) is 0 Å². The Bertz CT molecular complexity index is 184. The van der Waals surface area contributed by atoms with Crippen molar-refractivity contribution in [2.45, 2.75) is 45.3 Å². The maximum absolute atomic E-state index is 10.8. The summed E-state index contributed by atoms with van der Waals surface area (Å²) in [6, 6.07) is 0. The summed E-state index contributed by atoms with van der Waals surface area (Å²) in [7, 11) is 0. The van der Waals surface area contributed by atoms with Crippen LogP contribution in [0.15, 0.2) is 12.2 Å². The van der Waals surface area contributed by atoms with Crippen molar-refractivity contribution >= 4 is 5.78 Å². The highest BCUT2D eigenvalue weighted by Gasteiger charge is 2.14. The lowest BCUT2D eigenvalue weighted by molar-refractivity contribution is -0.116. The van der Waals surface area contributed by atoms with Crippen LogP contribution in [-0.4, -0.2) is 18.0 Å². The number of carbonyl (C=O) groups excluding carboxylic acids is 1. The van der Waals surface area contributed by atoms with Gasteiger partial charge in [0.25, 0.3) is 0 Å². The van der Waals surface area contributed by atoms with Crippen LogP contribution in [0.4, 0.5) is 0 Å². The average Bonchev–Trinajstić information content (AvgIpc) is 2.09. The van der Waals surface area contributed by atoms with Gasteiger partial charge in [0.15, 0.2) is 5.78 Å². The maximum atomic E-state index is 10.8. The molecule has 0 N–H and O–H groups in total. The fourth-order valence-corrected chi connectivity index (χ4v) is 1.19. The van der Waals surface area contributed by atoms with Gasteiger partial charge in [-0.05, 0) is 25.8 Å². The Morgan fingerprint density at radius 2 is 2.50 bits per heavy atom. The summed E-state index contributed by atoms with van der Waals surface area (Å²) in [5.74, 6) is 0.221. The van der Waals surface area contributed by atoms with Crippen LogP contribution >= 0.6 is 0 Å². The first-order chi connectivity index (χ1) is 5.72. The first kappa shape index (κ1) is 9.46. The molecule has 1 aliphatic carbocycles. The second-order valence-electron chi connectivity index (χ2n) is 3.26. The molecule has 12 heavy (non-hydrogen) atoms. The highest BCUT2D eigenvalue weighted by atomic mass is 16.5. The molecule has 2 atom stereocenters. The van der Waals surface area contributed by atoms with E-state index in [-0.39, 0.29) is 11.9 Å². The van der Waals surface area contributed by atoms with E-state index in [0.29, 0.717) is 12.5 Å². The highest BCUT2D eigenvalue weighted by Crippen LogP contribution is 2.14. The predicted molar refractivity (Wildman–Crippen MR) is 48.0 cm³/mol. The number of ether oxygens (including phenoxy) is 1. The normalized spacial score (nSPS) is 25.8. The van der Waals surface area contributed by atoms with E-state index in [1.54, 1.807) is 6.08 Å². The monoisotopic (exact) mass is 168 g/mol. The molecule has 0 radical (unpaired) electrons. The molecular formula is C10H16O2. The van der Waals surface area contributed by atoms with Crippen LogP contribution in [0, 0.1) is 0 Å². The van der Waals surface area contributed by atoms with Crippen LogP contribution in [0.1, 0.15) is 33.1 Å². The minimum absolute atomic E-state index is 0.164. The van der Waals surface area contributed by atoms with E-state index in [4.69, 9.17) is 4.74 Å².